The molecule has 0 aromatic heterocycles. The predicted octanol–water partition coefficient (Wildman–Crippen LogP) is 22.4. The van der Waals surface area contributed by atoms with Crippen LogP contribution in [0.5, 0.6) is 0 Å². The molecule has 0 N–H and O–H groups in total. The Morgan fingerprint density at radius 3 is 0.402 bits per heavy atom. The molecule has 0 aliphatic carbocycles. The molecule has 0 radical (unpaired) electrons. The first-order chi connectivity index (χ1) is 40.1. The lowest BCUT2D eigenvalue weighted by molar-refractivity contribution is 1.26. The Kier molecular flexibility index (Phi) is 16.3. The van der Waals surface area contributed by atoms with E-state index < -0.39 is 0 Å². The largest absolute Gasteiger partial charge is 0.311 e. The monoisotopic (exact) mass is 1060 g/mol. The van der Waals surface area contributed by atoms with Gasteiger partial charge in [0.15, 0.2) is 0 Å². The standard InChI is InChI=1S/C40H36N2.C38H32N2/c1-29-5-17-35(18-6-29)41(36-19-7-30(2)8-20-36)39-25-13-33(14-26-39)34-15-27-40(28-16-34)42(37-21-9-31(3)10-22-37)38-23-11-32(4)12-24-38;1-29-13-21-35(22-14-29)39(33-9-5-3-6-10-33)37-25-17-31(18-26-37)32-19-27-38(28-20-32)40(34-11-7-4-8-12-34)36-23-15-30(2)16-24-36/h5-28H,1-4H3;3-28H,1-2H3. The van der Waals surface area contributed by atoms with Gasteiger partial charge in [-0.05, 0) is 209 Å². The first kappa shape index (κ1) is 53.8. The minimum atomic E-state index is 1.13. The molecule has 0 aliphatic rings. The first-order valence-electron chi connectivity index (χ1n) is 28.2. The maximum Gasteiger partial charge on any atom is 0.0462 e. The molecule has 82 heavy (non-hydrogen) atoms. The van der Waals surface area contributed by atoms with Gasteiger partial charge in [0, 0.05) is 68.2 Å². The van der Waals surface area contributed by atoms with Crippen LogP contribution in [0.2, 0.25) is 0 Å². The number of anilines is 12. The van der Waals surface area contributed by atoms with Crippen LogP contribution in [0.15, 0.2) is 303 Å². The molecular formula is C78H68N4. The van der Waals surface area contributed by atoms with Gasteiger partial charge >= 0.3 is 0 Å². The number of hydrogen-bond acceptors (Lipinski definition) is 4. The van der Waals surface area contributed by atoms with Gasteiger partial charge in [0.25, 0.3) is 0 Å². The maximum absolute atomic E-state index is 2.31. The zero-order valence-electron chi connectivity index (χ0n) is 47.7. The number of rotatable bonds is 14. The molecule has 0 saturated heterocycles. The Labute approximate surface area is 485 Å². The van der Waals surface area contributed by atoms with E-state index in [0.717, 1.165) is 68.2 Å². The van der Waals surface area contributed by atoms with E-state index in [9.17, 15) is 0 Å². The maximum atomic E-state index is 2.31. The van der Waals surface area contributed by atoms with Crippen LogP contribution >= 0.6 is 0 Å². The molecule has 0 spiro atoms. The lowest BCUT2D eigenvalue weighted by Gasteiger charge is -2.26. The van der Waals surface area contributed by atoms with Gasteiger partial charge in [-0.3, -0.25) is 0 Å². The van der Waals surface area contributed by atoms with Gasteiger partial charge in [-0.2, -0.15) is 0 Å². The van der Waals surface area contributed by atoms with Gasteiger partial charge < -0.3 is 19.6 Å². The highest BCUT2D eigenvalue weighted by molar-refractivity contribution is 5.83. The van der Waals surface area contributed by atoms with Crippen molar-refractivity contribution in [2.24, 2.45) is 0 Å². The van der Waals surface area contributed by atoms with E-state index in [2.05, 4.69) is 364 Å². The van der Waals surface area contributed by atoms with E-state index in [1.54, 1.807) is 0 Å². The number of benzene rings is 12. The molecule has 0 aliphatic heterocycles. The van der Waals surface area contributed by atoms with Crippen molar-refractivity contribution in [3.63, 3.8) is 0 Å². The second-order valence-electron chi connectivity index (χ2n) is 21.2. The van der Waals surface area contributed by atoms with Gasteiger partial charge in [0.05, 0.1) is 0 Å². The van der Waals surface area contributed by atoms with Crippen molar-refractivity contribution in [2.45, 2.75) is 41.5 Å². The Morgan fingerprint density at radius 1 is 0.134 bits per heavy atom. The molecule has 0 bridgehead atoms. The molecule has 0 unspecified atom stereocenters. The fourth-order valence-corrected chi connectivity index (χ4v) is 10.3. The van der Waals surface area contributed by atoms with Gasteiger partial charge in [0.2, 0.25) is 0 Å². The third-order valence-corrected chi connectivity index (χ3v) is 15.0. The molecule has 0 saturated carbocycles. The smallest absolute Gasteiger partial charge is 0.0462 e. The minimum Gasteiger partial charge on any atom is -0.311 e. The summed E-state index contributed by atoms with van der Waals surface area (Å²) in [5.41, 5.74) is 26.0. The van der Waals surface area contributed by atoms with Gasteiger partial charge in [-0.1, -0.05) is 191 Å². The van der Waals surface area contributed by atoms with E-state index >= 15 is 0 Å². The fraction of sp³-hybridized carbons (Fsp3) is 0.0769. The highest BCUT2D eigenvalue weighted by Crippen LogP contribution is 2.41. The average molecular weight is 1060 g/mol. The average Bonchev–Trinajstić information content (AvgIpc) is 3.58. The molecule has 400 valence electrons. The van der Waals surface area contributed by atoms with Crippen LogP contribution < -0.4 is 19.6 Å². The zero-order valence-corrected chi connectivity index (χ0v) is 47.7. The third kappa shape index (κ3) is 12.6. The van der Waals surface area contributed by atoms with E-state index in [0.29, 0.717) is 0 Å². The fourth-order valence-electron chi connectivity index (χ4n) is 10.3. The van der Waals surface area contributed by atoms with E-state index in [-0.39, 0.29) is 0 Å². The number of para-hydroxylation sites is 2. The van der Waals surface area contributed by atoms with Gasteiger partial charge in [0.1, 0.15) is 0 Å². The molecule has 4 heteroatoms. The topological polar surface area (TPSA) is 13.0 Å². The molecule has 0 amide bonds. The SMILES string of the molecule is Cc1ccc(N(c2ccc(C)cc2)c2ccc(-c3ccc(N(c4ccc(C)cc4)c4ccc(C)cc4)cc3)cc2)cc1.Cc1ccc(N(c2ccccc2)c2ccc(-c3ccc(N(c4ccccc4)c4ccc(C)cc4)cc3)cc2)cc1. The zero-order chi connectivity index (χ0) is 56.4. The van der Waals surface area contributed by atoms with E-state index in [4.69, 9.17) is 0 Å². The lowest BCUT2D eigenvalue weighted by Crippen LogP contribution is -2.10. The first-order valence-corrected chi connectivity index (χ1v) is 28.2. The summed E-state index contributed by atoms with van der Waals surface area (Å²) < 4.78 is 0. The summed E-state index contributed by atoms with van der Waals surface area (Å²) in [7, 11) is 0. The molecule has 4 nitrogen and oxygen atoms in total. The van der Waals surface area contributed by atoms with Crippen LogP contribution in [0.4, 0.5) is 68.2 Å². The van der Waals surface area contributed by atoms with Crippen molar-refractivity contribution < 1.29 is 0 Å². The summed E-state index contributed by atoms with van der Waals surface area (Å²) in [4.78, 5) is 9.22. The van der Waals surface area contributed by atoms with E-state index in [1.165, 1.54) is 55.6 Å². The third-order valence-electron chi connectivity index (χ3n) is 15.0. The summed E-state index contributed by atoms with van der Waals surface area (Å²) in [6.45, 7) is 12.7. The molecule has 0 fully saturated rings. The number of hydrogen-bond donors (Lipinski definition) is 0. The Morgan fingerprint density at radius 2 is 0.256 bits per heavy atom. The summed E-state index contributed by atoms with van der Waals surface area (Å²) >= 11 is 0. The van der Waals surface area contributed by atoms with Gasteiger partial charge in [-0.15, -0.1) is 0 Å². The second kappa shape index (κ2) is 24.9. The minimum absolute atomic E-state index is 1.13. The molecule has 12 aromatic rings. The van der Waals surface area contributed by atoms with Crippen LogP contribution in [-0.2, 0) is 0 Å². The second-order valence-corrected chi connectivity index (χ2v) is 21.2. The van der Waals surface area contributed by atoms with Crippen LogP contribution in [0, 0.1) is 41.5 Å². The van der Waals surface area contributed by atoms with Crippen molar-refractivity contribution >= 4 is 68.2 Å². The normalized spacial score (nSPS) is 10.8. The highest BCUT2D eigenvalue weighted by Gasteiger charge is 2.17. The number of aryl methyl sites for hydroxylation is 6. The number of nitrogens with zero attached hydrogens (tertiary/aromatic N) is 4. The van der Waals surface area contributed by atoms with Crippen LogP contribution in [0.25, 0.3) is 22.3 Å². The van der Waals surface area contributed by atoms with Crippen molar-refractivity contribution in [3.8, 4) is 22.3 Å². The Bertz CT molecular complexity index is 3580. The summed E-state index contributed by atoms with van der Waals surface area (Å²) in [5, 5.41) is 0. The molecule has 12 rings (SSSR count). The summed E-state index contributed by atoms with van der Waals surface area (Å²) in [6.07, 6.45) is 0. The van der Waals surface area contributed by atoms with Crippen LogP contribution in [-0.4, -0.2) is 0 Å². The van der Waals surface area contributed by atoms with Crippen molar-refractivity contribution in [1.29, 1.82) is 0 Å². The summed E-state index contributed by atoms with van der Waals surface area (Å²) in [6, 6.07) is 109. The quantitative estimate of drug-likeness (QED) is 0.108. The predicted molar refractivity (Wildman–Crippen MR) is 351 cm³/mol. The Balaban J connectivity index is 0.000000172. The van der Waals surface area contributed by atoms with Crippen molar-refractivity contribution in [1.82, 2.24) is 0 Å². The van der Waals surface area contributed by atoms with Crippen molar-refractivity contribution in [2.75, 3.05) is 19.6 Å². The summed E-state index contributed by atoms with van der Waals surface area (Å²) in [5.74, 6) is 0. The van der Waals surface area contributed by atoms with E-state index in [1.807, 2.05) is 0 Å². The molecule has 0 heterocycles. The van der Waals surface area contributed by atoms with Crippen LogP contribution in [0.1, 0.15) is 33.4 Å². The van der Waals surface area contributed by atoms with Gasteiger partial charge in [-0.25, -0.2) is 0 Å². The molecule has 12 aromatic carbocycles. The van der Waals surface area contributed by atoms with Crippen molar-refractivity contribution in [3.05, 3.63) is 337 Å². The Hall–Kier alpha value is -10.2. The highest BCUT2D eigenvalue weighted by atomic mass is 15.2. The lowest BCUT2D eigenvalue weighted by atomic mass is 10.0. The van der Waals surface area contributed by atoms with Crippen LogP contribution in [0.3, 0.4) is 0 Å². The molecular weight excluding hydrogens is 993 g/mol. The molecule has 0 atom stereocenters.